The van der Waals surface area contributed by atoms with E-state index in [9.17, 15) is 9.90 Å². The van der Waals surface area contributed by atoms with Crippen LogP contribution < -0.4 is 5.11 Å². The van der Waals surface area contributed by atoms with Crippen molar-refractivity contribution in [3.05, 3.63) is 29.6 Å². The minimum Gasteiger partial charge on any atom is -0.545 e. The Kier molecular flexibility index (Phi) is 2.78. The lowest BCUT2D eigenvalue weighted by Gasteiger charge is -2.18. The van der Waals surface area contributed by atoms with Crippen LogP contribution in [0.5, 0.6) is 0 Å². The highest BCUT2D eigenvalue weighted by Gasteiger charge is 2.18. The molecule has 4 nitrogen and oxygen atoms in total. The molecule has 0 aliphatic heterocycles. The van der Waals surface area contributed by atoms with Crippen LogP contribution in [0, 0.1) is 0 Å². The van der Waals surface area contributed by atoms with Crippen molar-refractivity contribution in [2.45, 2.75) is 38.0 Å². The molecule has 0 saturated heterocycles. The first-order valence-corrected chi connectivity index (χ1v) is 6.45. The fourth-order valence-corrected chi connectivity index (χ4v) is 2.73. The average Bonchev–Trinajstić information content (AvgIpc) is 2.82. The maximum atomic E-state index is 10.8. The maximum absolute atomic E-state index is 10.8. The van der Waals surface area contributed by atoms with Crippen molar-refractivity contribution < 1.29 is 9.90 Å². The molecule has 0 atom stereocenters. The first kappa shape index (κ1) is 11.3. The van der Waals surface area contributed by atoms with Gasteiger partial charge in [0.1, 0.15) is 5.82 Å². The zero-order valence-corrected chi connectivity index (χ0v) is 10.1. The predicted molar refractivity (Wildman–Crippen MR) is 66.3 cm³/mol. The maximum Gasteiger partial charge on any atom is 0.110 e. The Morgan fingerprint density at radius 3 is 2.78 bits per heavy atom. The zero-order valence-electron chi connectivity index (χ0n) is 10.1. The molecule has 1 aliphatic carbocycles. The second-order valence-corrected chi connectivity index (χ2v) is 4.98. The molecule has 1 aromatic carbocycles. The van der Waals surface area contributed by atoms with Crippen LogP contribution in [-0.2, 0) is 0 Å². The Morgan fingerprint density at radius 1 is 1.28 bits per heavy atom. The molecule has 94 valence electrons. The molecule has 18 heavy (non-hydrogen) atoms. The molecular formula is C14H15N2O2-. The van der Waals surface area contributed by atoms with Crippen LogP contribution in [0.25, 0.3) is 11.0 Å². The van der Waals surface area contributed by atoms with Gasteiger partial charge in [0, 0.05) is 5.92 Å². The van der Waals surface area contributed by atoms with Crippen LogP contribution in [-0.4, -0.2) is 15.9 Å². The Hall–Kier alpha value is -1.84. The van der Waals surface area contributed by atoms with Gasteiger partial charge in [-0.25, -0.2) is 4.98 Å². The number of nitrogens with one attached hydrogen (secondary N) is 1. The third-order valence-corrected chi connectivity index (χ3v) is 3.73. The monoisotopic (exact) mass is 243 g/mol. The van der Waals surface area contributed by atoms with E-state index in [1.165, 1.54) is 32.1 Å². The first-order valence-electron chi connectivity index (χ1n) is 6.45. The summed E-state index contributed by atoms with van der Waals surface area (Å²) < 4.78 is 0. The number of carbonyl (C=O) groups excluding carboxylic acids is 1. The summed E-state index contributed by atoms with van der Waals surface area (Å²) in [6, 6.07) is 4.89. The smallest absolute Gasteiger partial charge is 0.110 e. The van der Waals surface area contributed by atoms with Gasteiger partial charge in [0.15, 0.2) is 0 Å². The zero-order chi connectivity index (χ0) is 12.5. The van der Waals surface area contributed by atoms with Crippen LogP contribution in [0.4, 0.5) is 0 Å². The second-order valence-electron chi connectivity index (χ2n) is 4.98. The van der Waals surface area contributed by atoms with Gasteiger partial charge in [-0.1, -0.05) is 25.3 Å². The van der Waals surface area contributed by atoms with Gasteiger partial charge in [-0.05, 0) is 30.5 Å². The van der Waals surface area contributed by atoms with Crippen molar-refractivity contribution in [1.29, 1.82) is 0 Å². The van der Waals surface area contributed by atoms with Crippen molar-refractivity contribution >= 4 is 17.0 Å². The summed E-state index contributed by atoms with van der Waals surface area (Å²) in [6.45, 7) is 0. The third-order valence-electron chi connectivity index (χ3n) is 3.73. The number of rotatable bonds is 2. The molecule has 0 radical (unpaired) electrons. The minimum atomic E-state index is -1.15. The first-order chi connectivity index (χ1) is 8.74. The molecule has 0 bridgehead atoms. The van der Waals surface area contributed by atoms with Crippen LogP contribution in [0.2, 0.25) is 0 Å². The van der Waals surface area contributed by atoms with Crippen molar-refractivity contribution in [3.63, 3.8) is 0 Å². The van der Waals surface area contributed by atoms with Gasteiger partial charge < -0.3 is 14.9 Å². The summed E-state index contributed by atoms with van der Waals surface area (Å²) in [7, 11) is 0. The van der Waals surface area contributed by atoms with Gasteiger partial charge in [-0.3, -0.25) is 0 Å². The molecule has 1 heterocycles. The number of H-pyrrole nitrogens is 1. The quantitative estimate of drug-likeness (QED) is 0.876. The van der Waals surface area contributed by atoms with Gasteiger partial charge >= 0.3 is 0 Å². The van der Waals surface area contributed by atoms with Crippen molar-refractivity contribution in [2.24, 2.45) is 0 Å². The number of aromatic nitrogens is 2. The summed E-state index contributed by atoms with van der Waals surface area (Å²) in [6.07, 6.45) is 6.17. The number of imidazole rings is 1. The number of aromatic amines is 1. The standard InChI is InChI=1S/C14H16N2O2/c17-14(18)10-6-7-11-12(8-10)16-13(15-11)9-4-2-1-3-5-9/h6-9H,1-5H2,(H,15,16)(H,17,18)/p-1. The number of benzene rings is 1. The van der Waals surface area contributed by atoms with Crippen LogP contribution >= 0.6 is 0 Å². The van der Waals surface area contributed by atoms with Crippen LogP contribution in [0.15, 0.2) is 18.2 Å². The van der Waals surface area contributed by atoms with Crippen molar-refractivity contribution in [1.82, 2.24) is 9.97 Å². The Balaban J connectivity index is 1.97. The molecule has 0 spiro atoms. The molecule has 1 N–H and O–H groups in total. The number of carbonyl (C=O) groups is 1. The number of nitrogens with zero attached hydrogens (tertiary/aromatic N) is 1. The number of hydrogen-bond donors (Lipinski definition) is 1. The van der Waals surface area contributed by atoms with Crippen LogP contribution in [0.1, 0.15) is 54.2 Å². The van der Waals surface area contributed by atoms with E-state index < -0.39 is 5.97 Å². The molecule has 1 aliphatic rings. The van der Waals surface area contributed by atoms with E-state index in [4.69, 9.17) is 0 Å². The number of hydrogen-bond acceptors (Lipinski definition) is 3. The van der Waals surface area contributed by atoms with Gasteiger partial charge in [0.25, 0.3) is 0 Å². The summed E-state index contributed by atoms with van der Waals surface area (Å²) >= 11 is 0. The largest absolute Gasteiger partial charge is 0.545 e. The van der Waals surface area contributed by atoms with E-state index in [1.807, 2.05) is 0 Å². The van der Waals surface area contributed by atoms with Gasteiger partial charge in [0.05, 0.1) is 17.0 Å². The van der Waals surface area contributed by atoms with E-state index in [0.29, 0.717) is 5.92 Å². The molecule has 2 aromatic rings. The summed E-state index contributed by atoms with van der Waals surface area (Å²) in [5, 5.41) is 10.8. The van der Waals surface area contributed by atoms with E-state index in [2.05, 4.69) is 9.97 Å². The average molecular weight is 243 g/mol. The molecule has 1 fully saturated rings. The molecule has 4 heteroatoms. The lowest BCUT2D eigenvalue weighted by atomic mass is 9.89. The highest BCUT2D eigenvalue weighted by atomic mass is 16.4. The fourth-order valence-electron chi connectivity index (χ4n) is 2.73. The molecule has 3 rings (SSSR count). The highest BCUT2D eigenvalue weighted by Crippen LogP contribution is 2.32. The summed E-state index contributed by atoms with van der Waals surface area (Å²) in [5.74, 6) is 0.350. The van der Waals surface area contributed by atoms with Crippen LogP contribution in [0.3, 0.4) is 0 Å². The third kappa shape index (κ3) is 1.98. The SMILES string of the molecule is O=C([O-])c1ccc2nc(C3CCCCC3)[nH]c2c1. The Bertz CT molecular complexity index is 582. The van der Waals surface area contributed by atoms with Crippen molar-refractivity contribution in [3.8, 4) is 0 Å². The van der Waals surface area contributed by atoms with E-state index in [1.54, 1.807) is 18.2 Å². The molecule has 0 unspecified atom stereocenters. The van der Waals surface area contributed by atoms with Gasteiger partial charge in [0.2, 0.25) is 0 Å². The number of aromatic carboxylic acids is 1. The molecule has 1 aromatic heterocycles. The molecule has 1 saturated carbocycles. The van der Waals surface area contributed by atoms with Gasteiger partial charge in [-0.15, -0.1) is 0 Å². The molecule has 0 amide bonds. The summed E-state index contributed by atoms with van der Waals surface area (Å²) in [4.78, 5) is 18.6. The number of fused-ring (bicyclic) bond motifs is 1. The minimum absolute atomic E-state index is 0.196. The van der Waals surface area contributed by atoms with Gasteiger partial charge in [-0.2, -0.15) is 0 Å². The van der Waals surface area contributed by atoms with E-state index in [-0.39, 0.29) is 5.56 Å². The number of carboxylic acids is 1. The lowest BCUT2D eigenvalue weighted by Crippen LogP contribution is -2.21. The Labute approximate surface area is 105 Å². The number of carboxylic acid groups (broad SMARTS) is 1. The summed E-state index contributed by atoms with van der Waals surface area (Å²) in [5.41, 5.74) is 1.82. The predicted octanol–water partition coefficient (Wildman–Crippen LogP) is 1.97. The Morgan fingerprint density at radius 2 is 2.06 bits per heavy atom. The topological polar surface area (TPSA) is 68.8 Å². The van der Waals surface area contributed by atoms with E-state index >= 15 is 0 Å². The fraction of sp³-hybridized carbons (Fsp3) is 0.429. The van der Waals surface area contributed by atoms with Crippen molar-refractivity contribution in [2.75, 3.05) is 0 Å². The second kappa shape index (κ2) is 4.44. The lowest BCUT2D eigenvalue weighted by molar-refractivity contribution is -0.255. The highest BCUT2D eigenvalue weighted by molar-refractivity contribution is 5.91. The van der Waals surface area contributed by atoms with E-state index in [0.717, 1.165) is 16.9 Å². The normalized spacial score (nSPS) is 17.1. The molecular weight excluding hydrogens is 228 g/mol.